The molecule has 0 radical (unpaired) electrons. The first kappa shape index (κ1) is 25.6. The molecule has 1 aliphatic heterocycles. The summed E-state index contributed by atoms with van der Waals surface area (Å²) >= 11 is 0. The molecule has 2 aromatic carbocycles. The van der Waals surface area contributed by atoms with E-state index in [9.17, 15) is 9.59 Å². The van der Waals surface area contributed by atoms with E-state index in [2.05, 4.69) is 63.4 Å². The molecule has 3 heterocycles. The zero-order valence-corrected chi connectivity index (χ0v) is 21.9. The Kier molecular flexibility index (Phi) is 7.53. The minimum absolute atomic E-state index is 0.0476. The smallest absolute Gasteiger partial charge is 0.303 e. The van der Waals surface area contributed by atoms with Gasteiger partial charge in [0.1, 0.15) is 0 Å². The van der Waals surface area contributed by atoms with Crippen molar-refractivity contribution in [2.45, 2.75) is 77.3 Å². The maximum absolute atomic E-state index is 13.8. The van der Waals surface area contributed by atoms with Gasteiger partial charge in [0.05, 0.1) is 6.04 Å². The van der Waals surface area contributed by atoms with E-state index < -0.39 is 5.97 Å². The summed E-state index contributed by atoms with van der Waals surface area (Å²) < 4.78 is 4.18. The number of hydrogen-bond acceptors (Lipinski definition) is 5. The van der Waals surface area contributed by atoms with Crippen molar-refractivity contribution in [1.29, 1.82) is 0 Å². The molecule has 9 nitrogen and oxygen atoms in total. The van der Waals surface area contributed by atoms with Crippen molar-refractivity contribution < 1.29 is 9.90 Å². The van der Waals surface area contributed by atoms with E-state index in [4.69, 9.17) is 5.11 Å². The number of carboxylic acids is 1. The largest absolute Gasteiger partial charge is 0.481 e. The quantitative estimate of drug-likeness (QED) is 0.301. The van der Waals surface area contributed by atoms with Gasteiger partial charge in [-0.25, -0.2) is 4.68 Å². The summed E-state index contributed by atoms with van der Waals surface area (Å²) in [5.74, 6) is -0.235. The fourth-order valence-electron chi connectivity index (χ4n) is 5.77. The Bertz CT molecular complexity index is 1450. The SMILES string of the molecule is CCCc1c(Cc2ccc(-c3ccccc3-c3nn[nH]n3)cc2)c(=O)n2n1C(C)CCC2CCCC(=O)O. The summed E-state index contributed by atoms with van der Waals surface area (Å²) in [6.07, 6.45) is 5.71. The van der Waals surface area contributed by atoms with Crippen LogP contribution in [-0.4, -0.2) is 41.1 Å². The first-order valence-electron chi connectivity index (χ1n) is 13.5. The molecule has 2 atom stereocenters. The number of hydrogen-bond donors (Lipinski definition) is 2. The molecule has 5 rings (SSSR count). The van der Waals surface area contributed by atoms with Crippen LogP contribution in [0, 0.1) is 0 Å². The van der Waals surface area contributed by atoms with E-state index in [0.29, 0.717) is 25.1 Å². The maximum Gasteiger partial charge on any atom is 0.303 e. The van der Waals surface area contributed by atoms with Crippen LogP contribution in [0.5, 0.6) is 0 Å². The lowest BCUT2D eigenvalue weighted by molar-refractivity contribution is -0.137. The van der Waals surface area contributed by atoms with Crippen LogP contribution >= 0.6 is 0 Å². The maximum atomic E-state index is 13.8. The van der Waals surface area contributed by atoms with Crippen molar-refractivity contribution in [2.75, 3.05) is 0 Å². The third-order valence-corrected chi connectivity index (χ3v) is 7.58. The second-order valence-electron chi connectivity index (χ2n) is 10.2. The lowest BCUT2D eigenvalue weighted by Gasteiger charge is -2.32. The number of nitrogens with one attached hydrogen (secondary N) is 1. The average Bonchev–Trinajstić information content (AvgIpc) is 3.55. The second kappa shape index (κ2) is 11.2. The average molecular weight is 515 g/mol. The molecule has 0 saturated carbocycles. The number of aliphatic carboxylic acids is 1. The van der Waals surface area contributed by atoms with Crippen LogP contribution in [0.1, 0.15) is 81.3 Å². The lowest BCUT2D eigenvalue weighted by Crippen LogP contribution is -2.34. The number of H-pyrrole nitrogens is 1. The highest BCUT2D eigenvalue weighted by Gasteiger charge is 2.31. The molecule has 2 aromatic heterocycles. The number of carbonyl (C=O) groups is 1. The highest BCUT2D eigenvalue weighted by molar-refractivity contribution is 5.80. The van der Waals surface area contributed by atoms with Crippen LogP contribution in [-0.2, 0) is 17.6 Å². The number of aromatic amines is 1. The van der Waals surface area contributed by atoms with Crippen molar-refractivity contribution in [1.82, 2.24) is 30.0 Å². The first-order valence-corrected chi connectivity index (χ1v) is 13.5. The topological polar surface area (TPSA) is 119 Å². The van der Waals surface area contributed by atoms with E-state index in [1.54, 1.807) is 0 Å². The van der Waals surface area contributed by atoms with E-state index >= 15 is 0 Å². The van der Waals surface area contributed by atoms with Crippen molar-refractivity contribution >= 4 is 5.97 Å². The Morgan fingerprint density at radius 1 is 1.08 bits per heavy atom. The number of nitrogens with zero attached hydrogens (tertiary/aromatic N) is 5. The zero-order chi connectivity index (χ0) is 26.6. The molecule has 4 aromatic rings. The van der Waals surface area contributed by atoms with Crippen LogP contribution < -0.4 is 5.56 Å². The van der Waals surface area contributed by atoms with E-state index in [0.717, 1.165) is 59.2 Å². The second-order valence-corrected chi connectivity index (χ2v) is 10.2. The molecule has 2 N–H and O–H groups in total. The van der Waals surface area contributed by atoms with Gasteiger partial charge in [-0.15, -0.1) is 10.2 Å². The number of carboxylic acid groups (broad SMARTS) is 1. The summed E-state index contributed by atoms with van der Waals surface area (Å²) in [4.78, 5) is 24.9. The highest BCUT2D eigenvalue weighted by atomic mass is 16.4. The molecular formula is C29H34N6O3. The van der Waals surface area contributed by atoms with E-state index in [-0.39, 0.29) is 24.1 Å². The van der Waals surface area contributed by atoms with Gasteiger partial charge in [-0.1, -0.05) is 61.9 Å². The standard InChI is InChI=1S/C29H34N6O3/c1-3-7-26-25(29(38)35-22(8-6-11-27(36)37)17-12-19(2)34(26)35)18-20-13-15-21(16-14-20)23-9-4-5-10-24(23)28-30-32-33-31-28/h4-5,9-10,13-16,19,22H,3,6-8,11-12,17-18H2,1-2H3,(H,36,37)(H,30,31,32,33). The van der Waals surface area contributed by atoms with Gasteiger partial charge in [-0.3, -0.25) is 14.3 Å². The van der Waals surface area contributed by atoms with Gasteiger partial charge in [0.25, 0.3) is 5.56 Å². The van der Waals surface area contributed by atoms with Gasteiger partial charge in [0.15, 0.2) is 0 Å². The van der Waals surface area contributed by atoms with Crippen molar-refractivity contribution in [3.05, 3.63) is 75.7 Å². The minimum atomic E-state index is -0.785. The summed E-state index contributed by atoms with van der Waals surface area (Å²) in [6, 6.07) is 16.6. The molecule has 0 spiro atoms. The summed E-state index contributed by atoms with van der Waals surface area (Å²) in [5, 5.41) is 23.6. The van der Waals surface area contributed by atoms with Gasteiger partial charge < -0.3 is 5.11 Å². The molecule has 9 heteroatoms. The molecule has 0 bridgehead atoms. The van der Waals surface area contributed by atoms with Gasteiger partial charge in [0.2, 0.25) is 5.82 Å². The first-order chi connectivity index (χ1) is 18.5. The van der Waals surface area contributed by atoms with Crippen LogP contribution in [0.3, 0.4) is 0 Å². The third-order valence-electron chi connectivity index (χ3n) is 7.58. The van der Waals surface area contributed by atoms with Crippen LogP contribution in [0.2, 0.25) is 0 Å². The fourth-order valence-corrected chi connectivity index (χ4v) is 5.77. The lowest BCUT2D eigenvalue weighted by atomic mass is 9.96. The predicted molar refractivity (Wildman–Crippen MR) is 145 cm³/mol. The number of aromatic nitrogens is 6. The normalized spacial score (nSPS) is 16.9. The van der Waals surface area contributed by atoms with E-state index in [1.165, 1.54) is 0 Å². The van der Waals surface area contributed by atoms with Crippen LogP contribution in [0.25, 0.3) is 22.5 Å². The van der Waals surface area contributed by atoms with Gasteiger partial charge in [-0.05, 0) is 60.9 Å². The summed E-state index contributed by atoms with van der Waals surface area (Å²) in [7, 11) is 0. The van der Waals surface area contributed by atoms with Crippen LogP contribution in [0.15, 0.2) is 53.3 Å². The van der Waals surface area contributed by atoms with Gasteiger partial charge in [0, 0.05) is 35.7 Å². The Labute approximate surface area is 221 Å². The van der Waals surface area contributed by atoms with Crippen molar-refractivity contribution in [2.24, 2.45) is 0 Å². The Morgan fingerprint density at radius 3 is 2.53 bits per heavy atom. The van der Waals surface area contributed by atoms with Gasteiger partial charge in [-0.2, -0.15) is 5.21 Å². The minimum Gasteiger partial charge on any atom is -0.481 e. The van der Waals surface area contributed by atoms with Crippen molar-refractivity contribution in [3.63, 3.8) is 0 Å². The summed E-state index contributed by atoms with van der Waals surface area (Å²) in [5.41, 5.74) is 6.11. The highest BCUT2D eigenvalue weighted by Crippen LogP contribution is 2.34. The van der Waals surface area contributed by atoms with Crippen LogP contribution in [0.4, 0.5) is 0 Å². The monoisotopic (exact) mass is 514 g/mol. The van der Waals surface area contributed by atoms with E-state index in [1.807, 2.05) is 28.9 Å². The molecular weight excluding hydrogens is 480 g/mol. The molecule has 38 heavy (non-hydrogen) atoms. The molecule has 2 unspecified atom stereocenters. The van der Waals surface area contributed by atoms with Gasteiger partial charge >= 0.3 is 5.97 Å². The zero-order valence-electron chi connectivity index (χ0n) is 21.9. The van der Waals surface area contributed by atoms with Crippen molar-refractivity contribution in [3.8, 4) is 22.5 Å². The summed E-state index contributed by atoms with van der Waals surface area (Å²) in [6.45, 7) is 4.33. The number of fused-ring (bicyclic) bond motifs is 1. The number of benzene rings is 2. The molecule has 0 aliphatic carbocycles. The molecule has 0 saturated heterocycles. The third kappa shape index (κ3) is 5.05. The number of rotatable bonds is 10. The molecule has 0 amide bonds. The Balaban J connectivity index is 1.46. The molecule has 198 valence electrons. The fraction of sp³-hybridized carbons (Fsp3) is 0.414. The molecule has 1 aliphatic rings. The number of tetrazole rings is 1. The Morgan fingerprint density at radius 2 is 1.84 bits per heavy atom. The Hall–Kier alpha value is -4.01. The molecule has 0 fully saturated rings. The predicted octanol–water partition coefficient (Wildman–Crippen LogP) is 5.19.